The molecule has 0 N–H and O–H groups in total. The molecule has 3 heteroatoms. The van der Waals surface area contributed by atoms with E-state index < -0.39 is 5.54 Å². The van der Waals surface area contributed by atoms with Crippen LogP contribution in [0.15, 0.2) is 43.1 Å². The Morgan fingerprint density at radius 2 is 2.00 bits per heavy atom. The van der Waals surface area contributed by atoms with Crippen LogP contribution in [0.2, 0.25) is 0 Å². The SMILES string of the molecule is C=CCn1cc(C(=O)C(C)(C)N(C)C)c2ccccc21. The Bertz CT molecular complexity index is 650. The van der Waals surface area contributed by atoms with Gasteiger partial charge in [0, 0.05) is 29.2 Å². The maximum absolute atomic E-state index is 12.9. The number of benzene rings is 1. The molecule has 0 aliphatic rings. The minimum atomic E-state index is -0.525. The van der Waals surface area contributed by atoms with E-state index >= 15 is 0 Å². The average molecular weight is 270 g/mol. The highest BCUT2D eigenvalue weighted by Crippen LogP contribution is 2.26. The second kappa shape index (κ2) is 5.25. The second-order valence-electron chi connectivity index (χ2n) is 5.78. The number of fused-ring (bicyclic) bond motifs is 1. The first-order chi connectivity index (χ1) is 9.39. The number of hydrogen-bond acceptors (Lipinski definition) is 2. The lowest BCUT2D eigenvalue weighted by atomic mass is 9.92. The van der Waals surface area contributed by atoms with Crippen molar-refractivity contribution in [2.45, 2.75) is 25.9 Å². The summed E-state index contributed by atoms with van der Waals surface area (Å²) < 4.78 is 2.07. The molecule has 0 aliphatic heterocycles. The summed E-state index contributed by atoms with van der Waals surface area (Å²) in [6.45, 7) is 8.39. The number of carbonyl (C=O) groups is 1. The van der Waals surface area contributed by atoms with Gasteiger partial charge in [-0.3, -0.25) is 9.69 Å². The van der Waals surface area contributed by atoms with E-state index in [0.717, 1.165) is 16.5 Å². The van der Waals surface area contributed by atoms with Gasteiger partial charge < -0.3 is 4.57 Å². The number of carbonyl (C=O) groups excluding carboxylic acids is 1. The summed E-state index contributed by atoms with van der Waals surface area (Å²) in [5, 5.41) is 1.01. The Hall–Kier alpha value is -1.87. The van der Waals surface area contributed by atoms with Gasteiger partial charge in [0.15, 0.2) is 5.78 Å². The maximum Gasteiger partial charge on any atom is 0.184 e. The molecule has 0 atom stereocenters. The highest BCUT2D eigenvalue weighted by Gasteiger charge is 2.32. The Morgan fingerprint density at radius 1 is 1.35 bits per heavy atom. The first kappa shape index (κ1) is 14.5. The standard InChI is InChI=1S/C17H22N2O/c1-6-11-19-12-14(13-9-7-8-10-15(13)19)16(20)17(2,3)18(4)5/h6-10,12H,1,11H2,2-5H3. The van der Waals surface area contributed by atoms with Crippen molar-refractivity contribution in [3.63, 3.8) is 0 Å². The highest BCUT2D eigenvalue weighted by atomic mass is 16.1. The Kier molecular flexibility index (Phi) is 3.82. The van der Waals surface area contributed by atoms with E-state index in [4.69, 9.17) is 0 Å². The van der Waals surface area contributed by atoms with Crippen molar-refractivity contribution in [2.75, 3.05) is 14.1 Å². The number of Topliss-reactive ketones (excluding diaryl/α,β-unsaturated/α-hetero) is 1. The van der Waals surface area contributed by atoms with Crippen LogP contribution >= 0.6 is 0 Å². The minimum Gasteiger partial charge on any atom is -0.343 e. The normalized spacial score (nSPS) is 12.1. The molecule has 20 heavy (non-hydrogen) atoms. The first-order valence-electron chi connectivity index (χ1n) is 6.80. The third-order valence-electron chi connectivity index (χ3n) is 4.03. The van der Waals surface area contributed by atoms with E-state index in [9.17, 15) is 4.79 Å². The molecule has 0 spiro atoms. The van der Waals surface area contributed by atoms with Crippen LogP contribution in [0.25, 0.3) is 10.9 Å². The molecule has 0 unspecified atom stereocenters. The smallest absolute Gasteiger partial charge is 0.184 e. The molecule has 0 radical (unpaired) electrons. The van der Waals surface area contributed by atoms with Gasteiger partial charge in [-0.2, -0.15) is 0 Å². The summed E-state index contributed by atoms with van der Waals surface area (Å²) in [4.78, 5) is 14.8. The lowest BCUT2D eigenvalue weighted by Gasteiger charge is -2.30. The van der Waals surface area contributed by atoms with E-state index in [1.54, 1.807) is 0 Å². The fourth-order valence-electron chi connectivity index (χ4n) is 2.25. The summed E-state index contributed by atoms with van der Waals surface area (Å²) in [5.41, 5.74) is 1.33. The highest BCUT2D eigenvalue weighted by molar-refractivity contribution is 6.12. The summed E-state index contributed by atoms with van der Waals surface area (Å²) in [6, 6.07) is 8.01. The van der Waals surface area contributed by atoms with Crippen LogP contribution in [0.5, 0.6) is 0 Å². The lowest BCUT2D eigenvalue weighted by Crippen LogP contribution is -2.45. The van der Waals surface area contributed by atoms with E-state index in [1.807, 2.05) is 69.4 Å². The number of ketones is 1. The molecule has 106 valence electrons. The first-order valence-corrected chi connectivity index (χ1v) is 6.80. The third-order valence-corrected chi connectivity index (χ3v) is 4.03. The van der Waals surface area contributed by atoms with E-state index in [0.29, 0.717) is 6.54 Å². The predicted molar refractivity (Wildman–Crippen MR) is 84.2 cm³/mol. The second-order valence-corrected chi connectivity index (χ2v) is 5.78. The zero-order chi connectivity index (χ0) is 14.9. The molecule has 0 fully saturated rings. The number of likely N-dealkylation sites (N-methyl/N-ethyl adjacent to an activating group) is 1. The monoisotopic (exact) mass is 270 g/mol. The molecular weight excluding hydrogens is 248 g/mol. The quantitative estimate of drug-likeness (QED) is 0.615. The van der Waals surface area contributed by atoms with E-state index in [-0.39, 0.29) is 5.78 Å². The number of hydrogen-bond donors (Lipinski definition) is 0. The summed E-state index contributed by atoms with van der Waals surface area (Å²) >= 11 is 0. The third kappa shape index (κ3) is 2.29. The van der Waals surface area contributed by atoms with Crippen LogP contribution < -0.4 is 0 Å². The lowest BCUT2D eigenvalue weighted by molar-refractivity contribution is 0.0757. The molecule has 1 heterocycles. The fourth-order valence-corrected chi connectivity index (χ4v) is 2.25. The molecule has 1 aromatic heterocycles. The van der Waals surface area contributed by atoms with Gasteiger partial charge in [0.05, 0.1) is 5.54 Å². The molecule has 0 bridgehead atoms. The van der Waals surface area contributed by atoms with Gasteiger partial charge in [-0.1, -0.05) is 24.3 Å². The molecule has 0 saturated carbocycles. The molecule has 1 aromatic carbocycles. The van der Waals surface area contributed by atoms with Crippen LogP contribution in [0.4, 0.5) is 0 Å². The van der Waals surface area contributed by atoms with Gasteiger partial charge in [0.2, 0.25) is 0 Å². The van der Waals surface area contributed by atoms with Crippen LogP contribution in [0.3, 0.4) is 0 Å². The molecule has 0 saturated heterocycles. The number of allylic oxidation sites excluding steroid dienone is 1. The zero-order valence-electron chi connectivity index (χ0n) is 12.7. The minimum absolute atomic E-state index is 0.140. The van der Waals surface area contributed by atoms with Gasteiger partial charge in [-0.25, -0.2) is 0 Å². The van der Waals surface area contributed by atoms with Gasteiger partial charge in [0.25, 0.3) is 0 Å². The topological polar surface area (TPSA) is 25.2 Å². The molecule has 3 nitrogen and oxygen atoms in total. The summed E-state index contributed by atoms with van der Waals surface area (Å²) in [6.07, 6.45) is 3.79. The number of nitrogens with zero attached hydrogens (tertiary/aromatic N) is 2. The zero-order valence-corrected chi connectivity index (χ0v) is 12.7. The van der Waals surface area contributed by atoms with Crippen molar-refractivity contribution in [1.29, 1.82) is 0 Å². The fraction of sp³-hybridized carbons (Fsp3) is 0.353. The van der Waals surface area contributed by atoms with Gasteiger partial charge in [-0.15, -0.1) is 6.58 Å². The van der Waals surface area contributed by atoms with Crippen molar-refractivity contribution in [3.8, 4) is 0 Å². The Morgan fingerprint density at radius 3 is 2.60 bits per heavy atom. The Balaban J connectivity index is 2.60. The number of rotatable bonds is 5. The van der Waals surface area contributed by atoms with E-state index in [2.05, 4.69) is 11.1 Å². The van der Waals surface area contributed by atoms with Gasteiger partial charge in [-0.05, 0) is 34.0 Å². The number of para-hydroxylation sites is 1. The van der Waals surface area contributed by atoms with E-state index in [1.165, 1.54) is 0 Å². The van der Waals surface area contributed by atoms with Crippen LogP contribution in [-0.4, -0.2) is 34.9 Å². The van der Waals surface area contributed by atoms with Crippen LogP contribution in [0.1, 0.15) is 24.2 Å². The molecule has 2 rings (SSSR count). The van der Waals surface area contributed by atoms with Crippen molar-refractivity contribution >= 4 is 16.7 Å². The summed E-state index contributed by atoms with van der Waals surface area (Å²) in [7, 11) is 3.86. The van der Waals surface area contributed by atoms with Crippen LogP contribution in [-0.2, 0) is 6.54 Å². The maximum atomic E-state index is 12.9. The largest absolute Gasteiger partial charge is 0.343 e. The predicted octanol–water partition coefficient (Wildman–Crippen LogP) is 3.35. The summed E-state index contributed by atoms with van der Waals surface area (Å²) in [5.74, 6) is 0.140. The van der Waals surface area contributed by atoms with Gasteiger partial charge >= 0.3 is 0 Å². The molecule has 0 amide bonds. The van der Waals surface area contributed by atoms with Gasteiger partial charge in [0.1, 0.15) is 0 Å². The van der Waals surface area contributed by atoms with Crippen molar-refractivity contribution < 1.29 is 4.79 Å². The van der Waals surface area contributed by atoms with Crippen LogP contribution in [0, 0.1) is 0 Å². The van der Waals surface area contributed by atoms with Crippen molar-refractivity contribution in [3.05, 3.63) is 48.7 Å². The van der Waals surface area contributed by atoms with Crippen molar-refractivity contribution in [2.24, 2.45) is 0 Å². The molecule has 2 aromatic rings. The number of aromatic nitrogens is 1. The Labute approximate surface area is 120 Å². The van der Waals surface area contributed by atoms with Crippen molar-refractivity contribution in [1.82, 2.24) is 9.47 Å². The molecular formula is C17H22N2O. The molecule has 0 aliphatic carbocycles. The average Bonchev–Trinajstić information content (AvgIpc) is 2.77.